The van der Waals surface area contributed by atoms with Gasteiger partial charge in [-0.15, -0.1) is 0 Å². The molecular formula is C28H32N4O. The molecule has 1 amide bonds. The summed E-state index contributed by atoms with van der Waals surface area (Å²) < 4.78 is 1.91. The summed E-state index contributed by atoms with van der Waals surface area (Å²) in [5, 5.41) is 9.00. The van der Waals surface area contributed by atoms with Gasteiger partial charge in [-0.3, -0.25) is 4.79 Å². The van der Waals surface area contributed by atoms with Gasteiger partial charge in [0.1, 0.15) is 0 Å². The van der Waals surface area contributed by atoms with Crippen LogP contribution in [0, 0.1) is 20.8 Å². The van der Waals surface area contributed by atoms with Crippen LogP contribution in [0.1, 0.15) is 47.8 Å². The van der Waals surface area contributed by atoms with E-state index in [-0.39, 0.29) is 11.9 Å². The Kier molecular flexibility index (Phi) is 6.87. The summed E-state index contributed by atoms with van der Waals surface area (Å²) in [5.74, 6) is 0.0890. The SMILES string of the molecule is Cc1nc2c(c(C)nn2-c2ccccc2)c(C)c1CCC(=O)N[C@@H](C)CCc1ccccc1. The Morgan fingerprint density at radius 3 is 2.30 bits per heavy atom. The number of carbonyl (C=O) groups excluding carboxylic acids is 1. The molecule has 5 nitrogen and oxygen atoms in total. The van der Waals surface area contributed by atoms with Crippen LogP contribution in [0.3, 0.4) is 0 Å². The van der Waals surface area contributed by atoms with Gasteiger partial charge in [0.25, 0.3) is 0 Å². The number of nitrogens with zero attached hydrogens (tertiary/aromatic N) is 3. The highest BCUT2D eigenvalue weighted by Crippen LogP contribution is 2.28. The average Bonchev–Trinajstić information content (AvgIpc) is 3.15. The summed E-state index contributed by atoms with van der Waals surface area (Å²) in [7, 11) is 0. The smallest absolute Gasteiger partial charge is 0.220 e. The van der Waals surface area contributed by atoms with E-state index < -0.39 is 0 Å². The third-order valence-corrected chi connectivity index (χ3v) is 6.29. The van der Waals surface area contributed by atoms with Crippen molar-refractivity contribution in [2.45, 2.75) is 59.4 Å². The van der Waals surface area contributed by atoms with Gasteiger partial charge in [-0.05, 0) is 75.8 Å². The Morgan fingerprint density at radius 2 is 1.61 bits per heavy atom. The Hall–Kier alpha value is -3.47. The third-order valence-electron chi connectivity index (χ3n) is 6.29. The van der Waals surface area contributed by atoms with Crippen LogP contribution >= 0.6 is 0 Å². The van der Waals surface area contributed by atoms with Crippen LogP contribution in [-0.2, 0) is 17.6 Å². The standard InChI is InChI=1S/C28H32N4O/c1-19(15-16-23-11-7-5-8-12-23)29-26(33)18-17-25-20(2)27-22(4)31-32(28(27)30-21(25)3)24-13-9-6-10-14-24/h5-14,19H,15-18H2,1-4H3,(H,29,33)/t19-/m0/s1. The second-order valence-corrected chi connectivity index (χ2v) is 8.82. The minimum atomic E-state index is 0.0890. The number of nitrogens with one attached hydrogen (secondary N) is 1. The van der Waals surface area contributed by atoms with Gasteiger partial charge in [0.15, 0.2) is 5.65 Å². The second kappa shape index (κ2) is 9.99. The number of para-hydroxylation sites is 1. The normalized spacial score (nSPS) is 12.1. The fraction of sp³-hybridized carbons (Fsp3) is 0.321. The van der Waals surface area contributed by atoms with Crippen LogP contribution in [0.25, 0.3) is 16.7 Å². The highest BCUT2D eigenvalue weighted by Gasteiger charge is 2.18. The zero-order valence-corrected chi connectivity index (χ0v) is 19.9. The van der Waals surface area contributed by atoms with E-state index >= 15 is 0 Å². The lowest BCUT2D eigenvalue weighted by Crippen LogP contribution is -2.33. The number of hydrogen-bond donors (Lipinski definition) is 1. The number of amides is 1. The van der Waals surface area contributed by atoms with Gasteiger partial charge in [0.2, 0.25) is 5.91 Å². The van der Waals surface area contributed by atoms with Crippen molar-refractivity contribution in [3.8, 4) is 5.69 Å². The summed E-state index contributed by atoms with van der Waals surface area (Å²) in [6, 6.07) is 20.6. The Labute approximate surface area is 195 Å². The maximum Gasteiger partial charge on any atom is 0.220 e. The third kappa shape index (κ3) is 5.14. The molecule has 0 radical (unpaired) electrons. The summed E-state index contributed by atoms with van der Waals surface area (Å²) in [6.45, 7) is 8.25. The molecule has 5 heteroatoms. The van der Waals surface area contributed by atoms with Gasteiger partial charge < -0.3 is 5.32 Å². The first-order chi connectivity index (χ1) is 15.9. The molecule has 0 aliphatic heterocycles. The van der Waals surface area contributed by atoms with Crippen molar-refractivity contribution in [1.29, 1.82) is 0 Å². The first-order valence-corrected chi connectivity index (χ1v) is 11.7. The van der Waals surface area contributed by atoms with Crippen molar-refractivity contribution >= 4 is 16.9 Å². The van der Waals surface area contributed by atoms with E-state index in [1.54, 1.807) is 0 Å². The van der Waals surface area contributed by atoms with Gasteiger partial charge in [-0.1, -0.05) is 48.5 Å². The summed E-state index contributed by atoms with van der Waals surface area (Å²) in [6.07, 6.45) is 3.02. The van der Waals surface area contributed by atoms with Crippen molar-refractivity contribution < 1.29 is 4.79 Å². The van der Waals surface area contributed by atoms with Gasteiger partial charge in [-0.2, -0.15) is 5.10 Å². The highest BCUT2D eigenvalue weighted by molar-refractivity contribution is 5.85. The number of pyridine rings is 1. The molecule has 1 N–H and O–H groups in total. The van der Waals surface area contributed by atoms with Crippen LogP contribution in [0.15, 0.2) is 60.7 Å². The summed E-state index contributed by atoms with van der Waals surface area (Å²) >= 11 is 0. The molecule has 2 aromatic heterocycles. The van der Waals surface area contributed by atoms with Crippen molar-refractivity contribution in [3.05, 3.63) is 88.7 Å². The predicted octanol–water partition coefficient (Wildman–Crippen LogP) is 5.42. The molecule has 4 rings (SSSR count). The van der Waals surface area contributed by atoms with Crippen molar-refractivity contribution in [3.63, 3.8) is 0 Å². The van der Waals surface area contributed by atoms with Crippen LogP contribution in [0.4, 0.5) is 0 Å². The molecule has 2 heterocycles. The molecule has 0 saturated heterocycles. The molecule has 2 aromatic carbocycles. The average molecular weight is 441 g/mol. The molecule has 170 valence electrons. The first-order valence-electron chi connectivity index (χ1n) is 11.7. The molecule has 0 bridgehead atoms. The molecule has 0 spiro atoms. The van der Waals surface area contributed by atoms with Crippen LogP contribution in [-0.4, -0.2) is 26.7 Å². The van der Waals surface area contributed by atoms with Crippen molar-refractivity contribution in [2.24, 2.45) is 0 Å². The largest absolute Gasteiger partial charge is 0.354 e. The number of rotatable bonds is 8. The predicted molar refractivity (Wildman–Crippen MR) is 134 cm³/mol. The van der Waals surface area contributed by atoms with Gasteiger partial charge in [-0.25, -0.2) is 9.67 Å². The number of hydrogen-bond acceptors (Lipinski definition) is 3. The van der Waals surface area contributed by atoms with E-state index in [1.807, 2.05) is 54.9 Å². The Morgan fingerprint density at radius 1 is 0.939 bits per heavy atom. The van der Waals surface area contributed by atoms with Crippen LogP contribution in [0.5, 0.6) is 0 Å². The fourth-order valence-electron chi connectivity index (χ4n) is 4.51. The maximum atomic E-state index is 12.6. The Bertz CT molecular complexity index is 1250. The first kappa shape index (κ1) is 22.7. The zero-order valence-electron chi connectivity index (χ0n) is 19.9. The molecule has 0 aliphatic carbocycles. The van der Waals surface area contributed by atoms with Crippen molar-refractivity contribution in [2.75, 3.05) is 0 Å². The number of aromatic nitrogens is 3. The fourth-order valence-corrected chi connectivity index (χ4v) is 4.51. The van der Waals surface area contributed by atoms with Gasteiger partial charge in [0, 0.05) is 23.5 Å². The minimum absolute atomic E-state index is 0.0890. The number of benzene rings is 2. The number of carbonyl (C=O) groups is 1. The van der Waals surface area contributed by atoms with Crippen LogP contribution < -0.4 is 5.32 Å². The number of aryl methyl sites for hydroxylation is 4. The summed E-state index contributed by atoms with van der Waals surface area (Å²) in [4.78, 5) is 17.5. The van der Waals surface area contributed by atoms with E-state index in [0.29, 0.717) is 12.8 Å². The van der Waals surface area contributed by atoms with Crippen molar-refractivity contribution in [1.82, 2.24) is 20.1 Å². The molecular weight excluding hydrogens is 408 g/mol. The lowest BCUT2D eigenvalue weighted by molar-refractivity contribution is -0.121. The molecule has 0 unspecified atom stereocenters. The maximum absolute atomic E-state index is 12.6. The topological polar surface area (TPSA) is 59.8 Å². The van der Waals surface area contributed by atoms with E-state index in [0.717, 1.165) is 46.5 Å². The molecule has 0 saturated carbocycles. The molecule has 1 atom stereocenters. The van der Waals surface area contributed by atoms with E-state index in [9.17, 15) is 4.79 Å². The quantitative estimate of drug-likeness (QED) is 0.398. The van der Waals surface area contributed by atoms with E-state index in [1.165, 1.54) is 11.1 Å². The minimum Gasteiger partial charge on any atom is -0.354 e. The van der Waals surface area contributed by atoms with E-state index in [2.05, 4.69) is 43.4 Å². The van der Waals surface area contributed by atoms with Gasteiger partial charge >= 0.3 is 0 Å². The van der Waals surface area contributed by atoms with Gasteiger partial charge in [0.05, 0.1) is 11.4 Å². The molecule has 0 fully saturated rings. The summed E-state index contributed by atoms with van der Waals surface area (Å²) in [5.41, 5.74) is 7.40. The number of fused-ring (bicyclic) bond motifs is 1. The lowest BCUT2D eigenvalue weighted by Gasteiger charge is -2.15. The lowest BCUT2D eigenvalue weighted by atomic mass is 9.99. The molecule has 4 aromatic rings. The molecule has 0 aliphatic rings. The Balaban J connectivity index is 1.44. The monoisotopic (exact) mass is 440 g/mol. The zero-order chi connectivity index (χ0) is 23.4. The highest BCUT2D eigenvalue weighted by atomic mass is 16.1. The van der Waals surface area contributed by atoms with E-state index in [4.69, 9.17) is 10.1 Å². The second-order valence-electron chi connectivity index (χ2n) is 8.82. The van der Waals surface area contributed by atoms with Crippen LogP contribution in [0.2, 0.25) is 0 Å². The molecule has 33 heavy (non-hydrogen) atoms.